The number of hydrogen-bond donors (Lipinski definition) is 0. The van der Waals surface area contributed by atoms with Crippen molar-refractivity contribution >= 4 is 0 Å². The zero-order valence-corrected chi connectivity index (χ0v) is 19.7. The summed E-state index contributed by atoms with van der Waals surface area (Å²) in [6, 6.07) is 5.07. The maximum absolute atomic E-state index is 13.5. The van der Waals surface area contributed by atoms with Gasteiger partial charge in [0.1, 0.15) is 5.75 Å². The molecule has 0 heterocycles. The summed E-state index contributed by atoms with van der Waals surface area (Å²) in [5, 5.41) is 0. The van der Waals surface area contributed by atoms with Crippen LogP contribution in [0.4, 0.5) is 30.7 Å². The van der Waals surface area contributed by atoms with Gasteiger partial charge >= 0.3 is 18.2 Å². The summed E-state index contributed by atoms with van der Waals surface area (Å²) in [6.07, 6.45) is 2.54. The van der Waals surface area contributed by atoms with E-state index in [1.807, 2.05) is 0 Å². The first-order chi connectivity index (χ1) is 15.9. The molecule has 0 aliphatic heterocycles. The van der Waals surface area contributed by atoms with Gasteiger partial charge in [-0.3, -0.25) is 0 Å². The van der Waals surface area contributed by atoms with Crippen molar-refractivity contribution in [2.75, 3.05) is 0 Å². The largest absolute Gasteiger partial charge is 0.474 e. The number of benzene rings is 1. The first-order valence-corrected chi connectivity index (χ1v) is 12.6. The lowest BCUT2D eigenvalue weighted by atomic mass is 9.68. The van der Waals surface area contributed by atoms with Crippen LogP contribution >= 0.6 is 0 Å². The number of unbranched alkanes of at least 4 members (excludes halogenated alkanes) is 2. The summed E-state index contributed by atoms with van der Waals surface area (Å²) >= 11 is 0. The molecule has 0 radical (unpaired) electrons. The Kier molecular flexibility index (Phi) is 8.83. The van der Waals surface area contributed by atoms with E-state index in [9.17, 15) is 30.7 Å². The SMILES string of the molecule is CCCCCC1CCC(C2CCC(c3ccc(OC(F)(F)C(F)(F)C(F)(F)F)cc3)CC2)CC1. The summed E-state index contributed by atoms with van der Waals surface area (Å²) in [5.74, 6) is -4.42. The van der Waals surface area contributed by atoms with Crippen molar-refractivity contribution < 1.29 is 35.5 Å². The molecule has 194 valence electrons. The van der Waals surface area contributed by atoms with Gasteiger partial charge in [-0.25, -0.2) is 0 Å². The van der Waals surface area contributed by atoms with Crippen LogP contribution in [0.2, 0.25) is 0 Å². The van der Waals surface area contributed by atoms with Gasteiger partial charge in [-0.05, 0) is 79.9 Å². The van der Waals surface area contributed by atoms with Crippen LogP contribution in [-0.2, 0) is 0 Å². The third-order valence-corrected chi connectivity index (χ3v) is 7.86. The van der Waals surface area contributed by atoms with Gasteiger partial charge in [-0.2, -0.15) is 30.7 Å². The molecule has 2 saturated carbocycles. The average molecular weight is 497 g/mol. The highest BCUT2D eigenvalue weighted by Gasteiger charge is 2.75. The lowest BCUT2D eigenvalue weighted by Crippen LogP contribution is -2.55. The smallest absolute Gasteiger partial charge is 0.428 e. The molecule has 0 aromatic heterocycles. The zero-order chi connectivity index (χ0) is 25.0. The molecule has 0 unspecified atom stereocenters. The molecule has 2 fully saturated rings. The Bertz CT molecular complexity index is 743. The molecule has 1 nitrogen and oxygen atoms in total. The second-order valence-electron chi connectivity index (χ2n) is 10.1. The van der Waals surface area contributed by atoms with Crippen LogP contribution < -0.4 is 4.74 Å². The molecule has 0 saturated heterocycles. The van der Waals surface area contributed by atoms with Crippen LogP contribution in [0.1, 0.15) is 95.5 Å². The zero-order valence-electron chi connectivity index (χ0n) is 19.7. The van der Waals surface area contributed by atoms with Gasteiger partial charge in [-0.15, -0.1) is 0 Å². The predicted molar refractivity (Wildman–Crippen MR) is 117 cm³/mol. The van der Waals surface area contributed by atoms with Crippen molar-refractivity contribution in [3.8, 4) is 5.75 Å². The minimum atomic E-state index is -6.41. The van der Waals surface area contributed by atoms with Gasteiger partial charge in [0.15, 0.2) is 0 Å². The van der Waals surface area contributed by atoms with E-state index in [1.54, 1.807) is 0 Å². The molecule has 3 rings (SSSR count). The molecule has 0 N–H and O–H groups in total. The molecule has 1 aromatic carbocycles. The summed E-state index contributed by atoms with van der Waals surface area (Å²) < 4.78 is 93.6. The third kappa shape index (κ3) is 6.39. The van der Waals surface area contributed by atoms with Gasteiger partial charge in [0.2, 0.25) is 0 Å². The monoisotopic (exact) mass is 496 g/mol. The van der Waals surface area contributed by atoms with Crippen LogP contribution in [0.5, 0.6) is 5.75 Å². The van der Waals surface area contributed by atoms with Gasteiger partial charge in [0, 0.05) is 0 Å². The van der Waals surface area contributed by atoms with E-state index in [0.717, 1.165) is 55.2 Å². The van der Waals surface area contributed by atoms with Crippen LogP contribution in [0.3, 0.4) is 0 Å². The molecule has 2 aliphatic rings. The summed E-state index contributed by atoms with van der Waals surface area (Å²) in [4.78, 5) is 0. The number of hydrogen-bond acceptors (Lipinski definition) is 1. The summed E-state index contributed by atoms with van der Waals surface area (Å²) in [6.45, 7) is 2.23. The van der Waals surface area contributed by atoms with E-state index in [4.69, 9.17) is 0 Å². The van der Waals surface area contributed by atoms with Crippen molar-refractivity contribution in [2.45, 2.75) is 108 Å². The summed E-state index contributed by atoms with van der Waals surface area (Å²) in [5.41, 5.74) is 0.872. The molecular weight excluding hydrogens is 461 g/mol. The van der Waals surface area contributed by atoms with E-state index in [0.29, 0.717) is 5.92 Å². The fourth-order valence-electron chi connectivity index (χ4n) is 5.74. The third-order valence-electron chi connectivity index (χ3n) is 7.86. The molecule has 8 heteroatoms. The van der Waals surface area contributed by atoms with Crippen molar-refractivity contribution in [3.05, 3.63) is 29.8 Å². The first-order valence-electron chi connectivity index (χ1n) is 12.6. The van der Waals surface area contributed by atoms with Gasteiger partial charge in [-0.1, -0.05) is 57.6 Å². The second-order valence-corrected chi connectivity index (χ2v) is 10.1. The Morgan fingerprint density at radius 2 is 1.26 bits per heavy atom. The van der Waals surface area contributed by atoms with Crippen LogP contribution in [0.15, 0.2) is 24.3 Å². The number of ether oxygens (including phenoxy) is 1. The van der Waals surface area contributed by atoms with Crippen LogP contribution in [0.25, 0.3) is 0 Å². The highest BCUT2D eigenvalue weighted by molar-refractivity contribution is 5.30. The Morgan fingerprint density at radius 3 is 1.76 bits per heavy atom. The van der Waals surface area contributed by atoms with Gasteiger partial charge < -0.3 is 4.74 Å². The molecule has 0 amide bonds. The number of rotatable bonds is 9. The quantitative estimate of drug-likeness (QED) is 0.244. The highest BCUT2D eigenvalue weighted by Crippen LogP contribution is 2.48. The normalized spacial score (nSPS) is 26.9. The van der Waals surface area contributed by atoms with Crippen molar-refractivity contribution in [3.63, 3.8) is 0 Å². The Balaban J connectivity index is 1.47. The minimum absolute atomic E-state index is 0.229. The molecule has 1 aromatic rings. The molecular formula is C26H35F7O. The lowest BCUT2D eigenvalue weighted by Gasteiger charge is -2.38. The predicted octanol–water partition coefficient (Wildman–Crippen LogP) is 9.52. The van der Waals surface area contributed by atoms with Gasteiger partial charge in [0.05, 0.1) is 0 Å². The maximum Gasteiger partial charge on any atom is 0.474 e. The molecule has 34 heavy (non-hydrogen) atoms. The Hall–Kier alpha value is -1.47. The van der Waals surface area contributed by atoms with Gasteiger partial charge in [0.25, 0.3) is 0 Å². The van der Waals surface area contributed by atoms with Crippen LogP contribution in [0, 0.1) is 17.8 Å². The second kappa shape index (κ2) is 11.1. The topological polar surface area (TPSA) is 9.23 Å². The van der Waals surface area contributed by atoms with Crippen molar-refractivity contribution in [2.24, 2.45) is 17.8 Å². The average Bonchev–Trinajstić information content (AvgIpc) is 2.79. The molecule has 0 bridgehead atoms. The molecule has 0 spiro atoms. The maximum atomic E-state index is 13.5. The summed E-state index contributed by atoms with van der Waals surface area (Å²) in [7, 11) is 0. The number of alkyl halides is 7. The molecule has 0 atom stereocenters. The fourth-order valence-corrected chi connectivity index (χ4v) is 5.74. The Labute approximate surface area is 197 Å². The van der Waals surface area contributed by atoms with Crippen molar-refractivity contribution in [1.29, 1.82) is 0 Å². The molecule has 2 aliphatic carbocycles. The van der Waals surface area contributed by atoms with E-state index >= 15 is 0 Å². The van der Waals surface area contributed by atoms with E-state index in [2.05, 4.69) is 11.7 Å². The fraction of sp³-hybridized carbons (Fsp3) is 0.769. The van der Waals surface area contributed by atoms with E-state index < -0.39 is 24.0 Å². The standard InChI is InChI=1S/C26H35F7O/c1-2-3-4-5-18-6-8-19(9-7-18)20-10-12-21(13-11-20)22-14-16-23(17-15-22)34-26(32,33)24(27,28)25(29,30)31/h14-21H,2-13H2,1H3. The lowest BCUT2D eigenvalue weighted by molar-refractivity contribution is -0.402. The minimum Gasteiger partial charge on any atom is -0.428 e. The van der Waals surface area contributed by atoms with E-state index in [1.165, 1.54) is 63.5 Å². The number of halogens is 7. The highest BCUT2D eigenvalue weighted by atomic mass is 19.4. The van der Waals surface area contributed by atoms with Crippen molar-refractivity contribution in [1.82, 2.24) is 0 Å². The first kappa shape index (κ1) is 27.1. The van der Waals surface area contributed by atoms with E-state index in [-0.39, 0.29) is 5.92 Å². The Morgan fingerprint density at radius 1 is 0.735 bits per heavy atom. The van der Waals surface area contributed by atoms with Crippen LogP contribution in [-0.4, -0.2) is 18.2 Å².